The van der Waals surface area contributed by atoms with E-state index in [4.69, 9.17) is 0 Å². The Bertz CT molecular complexity index is 453. The van der Waals surface area contributed by atoms with Crippen LogP contribution in [0.15, 0.2) is 59.2 Å². The topological polar surface area (TPSA) is 29.4 Å². The van der Waals surface area contributed by atoms with E-state index in [0.717, 1.165) is 17.5 Å². The summed E-state index contributed by atoms with van der Waals surface area (Å²) in [6.45, 7) is 0. The van der Waals surface area contributed by atoms with Gasteiger partial charge >= 0.3 is 0 Å². The van der Waals surface area contributed by atoms with Gasteiger partial charge in [0, 0.05) is 22.3 Å². The van der Waals surface area contributed by atoms with Gasteiger partial charge in [0.15, 0.2) is 0 Å². The third kappa shape index (κ3) is 2.70. The molecule has 2 aromatic rings. The SMILES string of the molecule is O=NSCc1ccc(-c2ccccc2)cc1. The molecule has 0 radical (unpaired) electrons. The molecular formula is C13H11NOS. The summed E-state index contributed by atoms with van der Waals surface area (Å²) < 4.78 is 2.78. The Labute approximate surface area is 98.8 Å². The van der Waals surface area contributed by atoms with Gasteiger partial charge in [-0.2, -0.15) is 0 Å². The first-order valence-electron chi connectivity index (χ1n) is 4.99. The summed E-state index contributed by atoms with van der Waals surface area (Å²) in [6, 6.07) is 18.4. The van der Waals surface area contributed by atoms with E-state index in [2.05, 4.69) is 28.8 Å². The summed E-state index contributed by atoms with van der Waals surface area (Å²) >= 11 is 1.03. The minimum atomic E-state index is 0.637. The maximum Gasteiger partial charge on any atom is 0.0438 e. The Morgan fingerprint density at radius 2 is 1.50 bits per heavy atom. The van der Waals surface area contributed by atoms with Crippen molar-refractivity contribution in [1.82, 2.24) is 0 Å². The van der Waals surface area contributed by atoms with E-state index in [1.807, 2.05) is 30.3 Å². The van der Waals surface area contributed by atoms with Crippen LogP contribution in [0, 0.1) is 4.91 Å². The third-order valence-corrected chi connectivity index (χ3v) is 2.91. The fourth-order valence-electron chi connectivity index (χ4n) is 1.52. The van der Waals surface area contributed by atoms with Crippen molar-refractivity contribution in [3.8, 4) is 11.1 Å². The van der Waals surface area contributed by atoms with Gasteiger partial charge in [-0.3, -0.25) is 0 Å². The van der Waals surface area contributed by atoms with Crippen molar-refractivity contribution < 1.29 is 0 Å². The van der Waals surface area contributed by atoms with Gasteiger partial charge in [-0.25, -0.2) is 0 Å². The molecule has 2 rings (SSSR count). The van der Waals surface area contributed by atoms with Crippen LogP contribution in [0.1, 0.15) is 5.56 Å². The summed E-state index contributed by atoms with van der Waals surface area (Å²) in [6.07, 6.45) is 0. The Hall–Kier alpha value is -1.61. The Morgan fingerprint density at radius 1 is 0.875 bits per heavy atom. The lowest BCUT2D eigenvalue weighted by molar-refractivity contribution is 1.41. The second kappa shape index (κ2) is 5.47. The lowest BCUT2D eigenvalue weighted by Gasteiger charge is -2.02. The van der Waals surface area contributed by atoms with E-state index >= 15 is 0 Å². The molecule has 0 fully saturated rings. The highest BCUT2D eigenvalue weighted by molar-refractivity contribution is 7.97. The quantitative estimate of drug-likeness (QED) is 0.578. The van der Waals surface area contributed by atoms with Crippen molar-refractivity contribution in [3.63, 3.8) is 0 Å². The molecule has 0 atom stereocenters. The Morgan fingerprint density at radius 3 is 2.12 bits per heavy atom. The average molecular weight is 229 g/mol. The van der Waals surface area contributed by atoms with Crippen LogP contribution in [0.2, 0.25) is 0 Å². The molecule has 16 heavy (non-hydrogen) atoms. The third-order valence-electron chi connectivity index (χ3n) is 2.34. The molecule has 0 spiro atoms. The molecule has 0 aliphatic heterocycles. The van der Waals surface area contributed by atoms with E-state index in [1.165, 1.54) is 11.1 Å². The Balaban J connectivity index is 2.16. The van der Waals surface area contributed by atoms with Gasteiger partial charge in [-0.1, -0.05) is 54.6 Å². The number of benzene rings is 2. The zero-order chi connectivity index (χ0) is 11.2. The van der Waals surface area contributed by atoms with E-state index in [-0.39, 0.29) is 0 Å². The summed E-state index contributed by atoms with van der Waals surface area (Å²) in [4.78, 5) is 9.98. The molecular weight excluding hydrogens is 218 g/mol. The van der Waals surface area contributed by atoms with Crippen LogP contribution < -0.4 is 0 Å². The first kappa shape index (κ1) is 10.9. The molecule has 0 aliphatic rings. The van der Waals surface area contributed by atoms with E-state index in [1.54, 1.807) is 0 Å². The monoisotopic (exact) mass is 229 g/mol. The molecule has 0 saturated carbocycles. The fraction of sp³-hybridized carbons (Fsp3) is 0.0769. The molecule has 0 unspecified atom stereocenters. The van der Waals surface area contributed by atoms with Gasteiger partial charge in [-0.05, 0) is 16.7 Å². The molecule has 3 heteroatoms. The molecule has 0 amide bonds. The van der Waals surface area contributed by atoms with Crippen molar-refractivity contribution in [3.05, 3.63) is 65.1 Å². The maximum absolute atomic E-state index is 9.98. The smallest absolute Gasteiger partial charge is 0.0438 e. The normalized spacial score (nSPS) is 10.0. The number of rotatable bonds is 4. The minimum Gasteiger partial charge on any atom is -0.137 e. The van der Waals surface area contributed by atoms with E-state index in [0.29, 0.717) is 5.75 Å². The van der Waals surface area contributed by atoms with Crippen LogP contribution in [0.5, 0.6) is 0 Å². The van der Waals surface area contributed by atoms with Gasteiger partial charge in [0.2, 0.25) is 0 Å². The highest BCUT2D eigenvalue weighted by Crippen LogP contribution is 2.21. The fourth-order valence-corrected chi connectivity index (χ4v) is 1.92. The van der Waals surface area contributed by atoms with Gasteiger partial charge in [0.25, 0.3) is 0 Å². The molecule has 0 N–H and O–H groups in total. The van der Waals surface area contributed by atoms with Crippen molar-refractivity contribution in [1.29, 1.82) is 0 Å². The Kier molecular flexibility index (Phi) is 3.72. The van der Waals surface area contributed by atoms with Gasteiger partial charge < -0.3 is 0 Å². The molecule has 80 valence electrons. The predicted octanol–water partition coefficient (Wildman–Crippen LogP) is 4.27. The van der Waals surface area contributed by atoms with Gasteiger partial charge in [-0.15, -0.1) is 4.91 Å². The van der Waals surface area contributed by atoms with Crippen LogP contribution in [-0.4, -0.2) is 0 Å². The van der Waals surface area contributed by atoms with Crippen molar-refractivity contribution in [2.45, 2.75) is 5.75 Å². The van der Waals surface area contributed by atoms with Crippen LogP contribution in [0.4, 0.5) is 0 Å². The second-order valence-electron chi connectivity index (χ2n) is 3.41. The van der Waals surface area contributed by atoms with Crippen LogP contribution >= 0.6 is 11.9 Å². The van der Waals surface area contributed by atoms with Crippen LogP contribution in [0.25, 0.3) is 11.1 Å². The van der Waals surface area contributed by atoms with Crippen molar-refractivity contribution >= 4 is 11.9 Å². The molecule has 0 saturated heterocycles. The minimum absolute atomic E-state index is 0.637. The summed E-state index contributed by atoms with van der Waals surface area (Å²) in [7, 11) is 0. The van der Waals surface area contributed by atoms with Gasteiger partial charge in [0.1, 0.15) is 0 Å². The standard InChI is InChI=1S/C13H11NOS/c15-14-16-10-11-6-8-13(9-7-11)12-4-2-1-3-5-12/h1-9H,10H2. The predicted molar refractivity (Wildman–Crippen MR) is 69.0 cm³/mol. The lowest BCUT2D eigenvalue weighted by Crippen LogP contribution is -1.80. The molecule has 0 aliphatic carbocycles. The average Bonchev–Trinajstić information content (AvgIpc) is 2.38. The summed E-state index contributed by atoms with van der Waals surface area (Å²) in [5, 5.41) is 0. The molecule has 2 nitrogen and oxygen atoms in total. The molecule has 0 aromatic heterocycles. The number of nitroso groups, excluding NO2 is 1. The summed E-state index contributed by atoms with van der Waals surface area (Å²) in [5.74, 6) is 0.637. The van der Waals surface area contributed by atoms with E-state index in [9.17, 15) is 4.91 Å². The number of hydrogen-bond acceptors (Lipinski definition) is 3. The second-order valence-corrected chi connectivity index (χ2v) is 4.11. The molecule has 0 bridgehead atoms. The lowest BCUT2D eigenvalue weighted by atomic mass is 10.0. The highest BCUT2D eigenvalue weighted by atomic mass is 32.2. The number of nitrogens with zero attached hydrogens (tertiary/aromatic N) is 1. The van der Waals surface area contributed by atoms with E-state index < -0.39 is 0 Å². The zero-order valence-electron chi connectivity index (χ0n) is 8.67. The summed E-state index contributed by atoms with van der Waals surface area (Å²) in [5.41, 5.74) is 3.51. The number of hydrogen-bond donors (Lipinski definition) is 0. The highest BCUT2D eigenvalue weighted by Gasteiger charge is 1.97. The van der Waals surface area contributed by atoms with Crippen molar-refractivity contribution in [2.24, 2.45) is 4.58 Å². The van der Waals surface area contributed by atoms with Crippen LogP contribution in [-0.2, 0) is 5.75 Å². The maximum atomic E-state index is 9.98. The van der Waals surface area contributed by atoms with Crippen molar-refractivity contribution in [2.75, 3.05) is 0 Å². The van der Waals surface area contributed by atoms with Crippen LogP contribution in [0.3, 0.4) is 0 Å². The van der Waals surface area contributed by atoms with Gasteiger partial charge in [0.05, 0.1) is 0 Å². The zero-order valence-corrected chi connectivity index (χ0v) is 9.48. The largest absolute Gasteiger partial charge is 0.137 e. The first-order chi connectivity index (χ1) is 7.90. The first-order valence-corrected chi connectivity index (χ1v) is 5.93. The molecule has 0 heterocycles. The molecule has 2 aromatic carbocycles.